The fraction of sp³-hybridized carbons (Fsp3) is 0.480. The molecular weight excluding hydrogens is 362 g/mol. The van der Waals surface area contributed by atoms with Gasteiger partial charge in [0.05, 0.1) is 13.2 Å². The predicted octanol–water partition coefficient (Wildman–Crippen LogP) is 4.71. The van der Waals surface area contributed by atoms with Crippen molar-refractivity contribution in [1.82, 2.24) is 4.90 Å². The van der Waals surface area contributed by atoms with Gasteiger partial charge in [-0.15, -0.1) is 0 Å². The maximum absolute atomic E-state index is 13.4. The molecule has 1 heterocycles. The molecule has 1 saturated heterocycles. The number of fused-ring (bicyclic) bond motifs is 1. The number of ether oxygens (including phenoxy) is 2. The molecule has 4 rings (SSSR count). The molecule has 0 bridgehead atoms. The van der Waals surface area contributed by atoms with Gasteiger partial charge in [0.15, 0.2) is 0 Å². The molecule has 1 amide bonds. The van der Waals surface area contributed by atoms with Crippen LogP contribution in [0.4, 0.5) is 0 Å². The van der Waals surface area contributed by atoms with Crippen molar-refractivity contribution < 1.29 is 14.3 Å². The SMILES string of the molecule is COc1ccc2c(c1)CCCC2CC(=O)N(Cc1ccccc1)CC1CCCO1. The van der Waals surface area contributed by atoms with Crippen LogP contribution in [0, 0.1) is 0 Å². The number of methoxy groups -OCH3 is 1. The average molecular weight is 394 g/mol. The molecule has 2 aromatic carbocycles. The molecule has 2 unspecified atom stereocenters. The Kier molecular flexibility index (Phi) is 6.50. The highest BCUT2D eigenvalue weighted by molar-refractivity contribution is 5.77. The van der Waals surface area contributed by atoms with Crippen molar-refractivity contribution in [2.75, 3.05) is 20.3 Å². The molecule has 0 N–H and O–H groups in total. The molecule has 0 saturated carbocycles. The van der Waals surface area contributed by atoms with Crippen LogP contribution in [0.3, 0.4) is 0 Å². The number of rotatable bonds is 7. The molecule has 1 aliphatic heterocycles. The molecule has 0 radical (unpaired) electrons. The van der Waals surface area contributed by atoms with Gasteiger partial charge in [-0.2, -0.15) is 0 Å². The van der Waals surface area contributed by atoms with E-state index in [4.69, 9.17) is 9.47 Å². The first-order chi connectivity index (χ1) is 14.2. The number of benzene rings is 2. The van der Waals surface area contributed by atoms with E-state index in [1.165, 1.54) is 16.7 Å². The summed E-state index contributed by atoms with van der Waals surface area (Å²) in [5, 5.41) is 0. The highest BCUT2D eigenvalue weighted by atomic mass is 16.5. The lowest BCUT2D eigenvalue weighted by Crippen LogP contribution is -2.37. The normalized spacial score (nSPS) is 20.9. The Hall–Kier alpha value is -2.33. The molecule has 2 atom stereocenters. The molecule has 1 fully saturated rings. The van der Waals surface area contributed by atoms with Gasteiger partial charge < -0.3 is 14.4 Å². The van der Waals surface area contributed by atoms with Gasteiger partial charge in [0.1, 0.15) is 5.75 Å². The first-order valence-corrected chi connectivity index (χ1v) is 10.8. The fourth-order valence-corrected chi connectivity index (χ4v) is 4.66. The van der Waals surface area contributed by atoms with Crippen LogP contribution in [0.25, 0.3) is 0 Å². The summed E-state index contributed by atoms with van der Waals surface area (Å²) in [5.74, 6) is 1.43. The number of hydrogen-bond donors (Lipinski definition) is 0. The second-order valence-electron chi connectivity index (χ2n) is 8.25. The predicted molar refractivity (Wildman–Crippen MR) is 114 cm³/mol. The van der Waals surface area contributed by atoms with Gasteiger partial charge in [0.2, 0.25) is 5.91 Å². The number of carbonyl (C=O) groups is 1. The molecule has 2 aromatic rings. The monoisotopic (exact) mass is 393 g/mol. The zero-order valence-electron chi connectivity index (χ0n) is 17.3. The Labute approximate surface area is 173 Å². The largest absolute Gasteiger partial charge is 0.497 e. The summed E-state index contributed by atoms with van der Waals surface area (Å²) in [5.41, 5.74) is 3.83. The zero-order valence-corrected chi connectivity index (χ0v) is 17.3. The topological polar surface area (TPSA) is 38.8 Å². The van der Waals surface area contributed by atoms with Gasteiger partial charge in [-0.05, 0) is 66.8 Å². The van der Waals surface area contributed by atoms with Crippen LogP contribution in [-0.2, 0) is 22.5 Å². The summed E-state index contributed by atoms with van der Waals surface area (Å²) in [6.07, 6.45) is 6.15. The summed E-state index contributed by atoms with van der Waals surface area (Å²) in [7, 11) is 1.71. The van der Waals surface area contributed by atoms with Gasteiger partial charge in [-0.3, -0.25) is 4.79 Å². The van der Waals surface area contributed by atoms with E-state index < -0.39 is 0 Å². The van der Waals surface area contributed by atoms with Gasteiger partial charge in [0, 0.05) is 26.1 Å². The van der Waals surface area contributed by atoms with E-state index in [0.29, 0.717) is 25.4 Å². The Morgan fingerprint density at radius 2 is 2.00 bits per heavy atom. The minimum atomic E-state index is 0.172. The van der Waals surface area contributed by atoms with E-state index in [9.17, 15) is 4.79 Å². The van der Waals surface area contributed by atoms with Crippen LogP contribution < -0.4 is 4.74 Å². The van der Waals surface area contributed by atoms with Crippen molar-refractivity contribution in [2.24, 2.45) is 0 Å². The molecule has 154 valence electrons. The molecule has 4 heteroatoms. The summed E-state index contributed by atoms with van der Waals surface area (Å²) >= 11 is 0. The highest BCUT2D eigenvalue weighted by Gasteiger charge is 2.28. The van der Waals surface area contributed by atoms with E-state index in [1.54, 1.807) is 7.11 Å². The lowest BCUT2D eigenvalue weighted by Gasteiger charge is -2.30. The maximum atomic E-state index is 13.4. The standard InChI is InChI=1S/C25H31NO3/c1-28-22-12-13-24-20(15-22)9-5-10-21(24)16-25(27)26(18-23-11-6-14-29-23)17-19-7-3-2-4-8-19/h2-4,7-8,12-13,15,21,23H,5-6,9-11,14,16-18H2,1H3. The van der Waals surface area contributed by atoms with Crippen LogP contribution >= 0.6 is 0 Å². The zero-order chi connectivity index (χ0) is 20.1. The summed E-state index contributed by atoms with van der Waals surface area (Å²) in [6, 6.07) is 16.6. The molecule has 0 aromatic heterocycles. The second-order valence-corrected chi connectivity index (χ2v) is 8.25. The van der Waals surface area contributed by atoms with Crippen LogP contribution in [-0.4, -0.2) is 37.2 Å². The summed E-state index contributed by atoms with van der Waals surface area (Å²) in [6.45, 7) is 2.16. The first kappa shape index (κ1) is 20.0. The third-order valence-corrected chi connectivity index (χ3v) is 6.23. The van der Waals surface area contributed by atoms with Crippen LogP contribution in [0.15, 0.2) is 48.5 Å². The quantitative estimate of drug-likeness (QED) is 0.684. The van der Waals surface area contributed by atoms with E-state index >= 15 is 0 Å². The van der Waals surface area contributed by atoms with Gasteiger partial charge in [-0.25, -0.2) is 0 Å². The van der Waals surface area contributed by atoms with Gasteiger partial charge in [0.25, 0.3) is 0 Å². The highest BCUT2D eigenvalue weighted by Crippen LogP contribution is 2.36. The minimum Gasteiger partial charge on any atom is -0.497 e. The fourth-order valence-electron chi connectivity index (χ4n) is 4.66. The van der Waals surface area contributed by atoms with Crippen LogP contribution in [0.2, 0.25) is 0 Å². The molecular formula is C25H31NO3. The van der Waals surface area contributed by atoms with Crippen molar-refractivity contribution in [3.63, 3.8) is 0 Å². The first-order valence-electron chi connectivity index (χ1n) is 10.8. The lowest BCUT2D eigenvalue weighted by atomic mass is 9.80. The maximum Gasteiger partial charge on any atom is 0.223 e. The number of hydrogen-bond acceptors (Lipinski definition) is 3. The lowest BCUT2D eigenvalue weighted by molar-refractivity contribution is -0.134. The van der Waals surface area contributed by atoms with Crippen molar-refractivity contribution >= 4 is 5.91 Å². The van der Waals surface area contributed by atoms with Crippen LogP contribution in [0.5, 0.6) is 5.75 Å². The number of carbonyl (C=O) groups excluding carboxylic acids is 1. The molecule has 1 aliphatic carbocycles. The molecule has 29 heavy (non-hydrogen) atoms. The van der Waals surface area contributed by atoms with E-state index in [0.717, 1.165) is 44.5 Å². The Morgan fingerprint density at radius 1 is 1.14 bits per heavy atom. The van der Waals surface area contributed by atoms with Gasteiger partial charge in [-0.1, -0.05) is 36.4 Å². The number of aryl methyl sites for hydroxylation is 1. The van der Waals surface area contributed by atoms with Crippen molar-refractivity contribution in [2.45, 2.75) is 57.1 Å². The number of nitrogens with zero attached hydrogens (tertiary/aromatic N) is 1. The molecule has 4 nitrogen and oxygen atoms in total. The Morgan fingerprint density at radius 3 is 2.76 bits per heavy atom. The van der Waals surface area contributed by atoms with E-state index in [1.807, 2.05) is 29.2 Å². The molecule has 2 aliphatic rings. The van der Waals surface area contributed by atoms with Gasteiger partial charge >= 0.3 is 0 Å². The average Bonchev–Trinajstić information content (AvgIpc) is 3.27. The second kappa shape index (κ2) is 9.45. The minimum absolute atomic E-state index is 0.172. The smallest absolute Gasteiger partial charge is 0.223 e. The van der Waals surface area contributed by atoms with Crippen LogP contribution in [0.1, 0.15) is 54.7 Å². The molecule has 0 spiro atoms. The third-order valence-electron chi connectivity index (χ3n) is 6.23. The Bertz CT molecular complexity index is 814. The Balaban J connectivity index is 1.49. The van der Waals surface area contributed by atoms with Crippen molar-refractivity contribution in [3.8, 4) is 5.75 Å². The van der Waals surface area contributed by atoms with Crippen molar-refractivity contribution in [3.05, 3.63) is 65.2 Å². The summed E-state index contributed by atoms with van der Waals surface area (Å²) in [4.78, 5) is 15.4. The summed E-state index contributed by atoms with van der Waals surface area (Å²) < 4.78 is 11.2. The van der Waals surface area contributed by atoms with E-state index in [2.05, 4.69) is 24.3 Å². The third kappa shape index (κ3) is 4.99. The number of amides is 1. The van der Waals surface area contributed by atoms with E-state index in [-0.39, 0.29) is 12.0 Å². The van der Waals surface area contributed by atoms with Crippen molar-refractivity contribution in [1.29, 1.82) is 0 Å².